The second-order valence-corrected chi connectivity index (χ2v) is 8.91. The second-order valence-electron chi connectivity index (χ2n) is 7.99. The number of carbonyl (C=O) groups excluding carboxylic acids is 1. The number of hydrogen-bond acceptors (Lipinski definition) is 5. The maximum Gasteiger partial charge on any atom is 0.200 e. The Kier molecular flexibility index (Phi) is 4.80. The molecule has 0 aromatic heterocycles. The Bertz CT molecular complexity index is 1230. The van der Waals surface area contributed by atoms with Crippen molar-refractivity contribution in [2.75, 3.05) is 14.2 Å². The second kappa shape index (κ2) is 7.32. The molecular formula is C25H20BrFO5. The van der Waals surface area contributed by atoms with E-state index in [1.165, 1.54) is 26.4 Å². The quantitative estimate of drug-likeness (QED) is 0.557. The van der Waals surface area contributed by atoms with Gasteiger partial charge in [-0.1, -0.05) is 40.2 Å². The molecule has 164 valence electrons. The summed E-state index contributed by atoms with van der Waals surface area (Å²) < 4.78 is 32.5. The minimum Gasteiger partial charge on any atom is -0.496 e. The van der Waals surface area contributed by atoms with Crippen LogP contribution in [0.25, 0.3) is 0 Å². The van der Waals surface area contributed by atoms with Crippen LogP contribution in [0, 0.1) is 5.82 Å². The van der Waals surface area contributed by atoms with Gasteiger partial charge in [-0.25, -0.2) is 4.39 Å². The lowest BCUT2D eigenvalue weighted by atomic mass is 9.71. The van der Waals surface area contributed by atoms with Crippen molar-refractivity contribution in [3.8, 4) is 17.2 Å². The highest BCUT2D eigenvalue weighted by Crippen LogP contribution is 2.67. The van der Waals surface area contributed by atoms with Crippen molar-refractivity contribution < 1.29 is 28.5 Å². The Hall–Kier alpha value is -2.90. The van der Waals surface area contributed by atoms with Gasteiger partial charge >= 0.3 is 0 Å². The SMILES string of the molecule is COc1cc(OC)c2c(c1)OC1(c3ccc(Br)cc3)C(c3cccc(F)c3)CC(=O)C21O. The fourth-order valence-corrected chi connectivity index (χ4v) is 5.37. The maximum absolute atomic E-state index is 14.2. The molecule has 0 bridgehead atoms. The fourth-order valence-electron chi connectivity index (χ4n) is 5.10. The van der Waals surface area contributed by atoms with Gasteiger partial charge in [-0.15, -0.1) is 0 Å². The Balaban J connectivity index is 1.83. The summed E-state index contributed by atoms with van der Waals surface area (Å²) in [6, 6.07) is 16.5. The van der Waals surface area contributed by atoms with Gasteiger partial charge < -0.3 is 19.3 Å². The molecule has 0 spiro atoms. The molecule has 0 saturated heterocycles. The monoisotopic (exact) mass is 498 g/mol. The summed E-state index contributed by atoms with van der Waals surface area (Å²) in [6.45, 7) is 0. The number of fused-ring (bicyclic) bond motifs is 3. The van der Waals surface area contributed by atoms with Gasteiger partial charge in [-0.3, -0.25) is 4.79 Å². The normalized spacial score (nSPS) is 25.8. The molecule has 5 rings (SSSR count). The van der Waals surface area contributed by atoms with Crippen LogP contribution in [-0.4, -0.2) is 25.1 Å². The Morgan fingerprint density at radius 3 is 2.50 bits per heavy atom. The molecule has 1 heterocycles. The van der Waals surface area contributed by atoms with E-state index in [0.29, 0.717) is 22.6 Å². The van der Waals surface area contributed by atoms with Crippen LogP contribution in [0.1, 0.15) is 29.0 Å². The lowest BCUT2D eigenvalue weighted by Gasteiger charge is -2.39. The van der Waals surface area contributed by atoms with Crippen molar-refractivity contribution >= 4 is 21.7 Å². The van der Waals surface area contributed by atoms with E-state index >= 15 is 0 Å². The summed E-state index contributed by atoms with van der Waals surface area (Å²) in [5.74, 6) is -0.442. The van der Waals surface area contributed by atoms with Crippen molar-refractivity contribution in [3.63, 3.8) is 0 Å². The number of carbonyl (C=O) groups is 1. The van der Waals surface area contributed by atoms with Gasteiger partial charge in [0.1, 0.15) is 23.1 Å². The van der Waals surface area contributed by atoms with E-state index in [9.17, 15) is 14.3 Å². The smallest absolute Gasteiger partial charge is 0.200 e. The number of Topliss-reactive ketones (excluding diaryl/α,β-unsaturated/α-hetero) is 1. The van der Waals surface area contributed by atoms with Gasteiger partial charge in [-0.2, -0.15) is 0 Å². The molecule has 1 saturated carbocycles. The van der Waals surface area contributed by atoms with Gasteiger partial charge in [0.05, 0.1) is 19.8 Å². The van der Waals surface area contributed by atoms with Crippen LogP contribution in [0.2, 0.25) is 0 Å². The Morgan fingerprint density at radius 1 is 1.09 bits per heavy atom. The van der Waals surface area contributed by atoms with E-state index in [2.05, 4.69) is 15.9 Å². The van der Waals surface area contributed by atoms with Crippen molar-refractivity contribution in [2.45, 2.75) is 23.5 Å². The van der Waals surface area contributed by atoms with E-state index < -0.39 is 28.7 Å². The number of methoxy groups -OCH3 is 2. The van der Waals surface area contributed by atoms with E-state index in [1.54, 1.807) is 36.4 Å². The van der Waals surface area contributed by atoms with Crippen LogP contribution in [0.15, 0.2) is 65.1 Å². The zero-order valence-electron chi connectivity index (χ0n) is 17.4. The zero-order chi connectivity index (χ0) is 22.7. The first-order chi connectivity index (χ1) is 15.3. The number of aliphatic hydroxyl groups is 1. The average Bonchev–Trinajstić information content (AvgIpc) is 3.19. The minimum absolute atomic E-state index is 0.0232. The van der Waals surface area contributed by atoms with E-state index in [1.807, 2.05) is 12.1 Å². The van der Waals surface area contributed by atoms with Gasteiger partial charge in [0.15, 0.2) is 17.0 Å². The number of halogens is 2. The first kappa shape index (κ1) is 21.0. The summed E-state index contributed by atoms with van der Waals surface area (Å²) in [5, 5.41) is 12.2. The fraction of sp³-hybridized carbons (Fsp3) is 0.240. The molecule has 3 aromatic rings. The highest BCUT2D eigenvalue weighted by molar-refractivity contribution is 9.10. The first-order valence-electron chi connectivity index (χ1n) is 10.1. The van der Waals surface area contributed by atoms with Gasteiger partial charge in [-0.05, 0) is 35.4 Å². The van der Waals surface area contributed by atoms with Gasteiger partial charge in [0.2, 0.25) is 0 Å². The predicted molar refractivity (Wildman–Crippen MR) is 119 cm³/mol. The number of benzene rings is 3. The van der Waals surface area contributed by atoms with Crippen molar-refractivity contribution in [3.05, 3.63) is 87.6 Å². The summed E-state index contributed by atoms with van der Waals surface area (Å²) in [6.07, 6.45) is -0.0232. The zero-order valence-corrected chi connectivity index (χ0v) is 19.0. The highest BCUT2D eigenvalue weighted by atomic mass is 79.9. The lowest BCUT2D eigenvalue weighted by Crippen LogP contribution is -2.50. The summed E-state index contributed by atoms with van der Waals surface area (Å²) >= 11 is 3.43. The number of ether oxygens (including phenoxy) is 3. The van der Waals surface area contributed by atoms with Crippen LogP contribution in [-0.2, 0) is 16.0 Å². The molecule has 0 radical (unpaired) electrons. The summed E-state index contributed by atoms with van der Waals surface area (Å²) in [7, 11) is 2.97. The topological polar surface area (TPSA) is 65.0 Å². The first-order valence-corrected chi connectivity index (χ1v) is 10.9. The molecule has 1 aliphatic heterocycles. The predicted octanol–water partition coefficient (Wildman–Crippen LogP) is 4.84. The molecule has 3 atom stereocenters. The third kappa shape index (κ3) is 2.67. The largest absolute Gasteiger partial charge is 0.496 e. The molecule has 1 aliphatic carbocycles. The number of hydrogen-bond donors (Lipinski definition) is 1. The van der Waals surface area contributed by atoms with Gasteiger partial charge in [0.25, 0.3) is 0 Å². The Labute approximate surface area is 192 Å². The van der Waals surface area contributed by atoms with Gasteiger partial charge in [0, 0.05) is 28.9 Å². The molecule has 1 N–H and O–H groups in total. The van der Waals surface area contributed by atoms with Crippen molar-refractivity contribution in [1.29, 1.82) is 0 Å². The molecule has 3 unspecified atom stereocenters. The van der Waals surface area contributed by atoms with Crippen molar-refractivity contribution in [2.24, 2.45) is 0 Å². The van der Waals surface area contributed by atoms with E-state index in [-0.39, 0.29) is 17.7 Å². The molecule has 32 heavy (non-hydrogen) atoms. The molecule has 1 fully saturated rings. The van der Waals surface area contributed by atoms with E-state index in [0.717, 1.165) is 4.47 Å². The lowest BCUT2D eigenvalue weighted by molar-refractivity contribution is -0.151. The van der Waals surface area contributed by atoms with Crippen LogP contribution >= 0.6 is 15.9 Å². The highest BCUT2D eigenvalue weighted by Gasteiger charge is 2.74. The third-order valence-electron chi connectivity index (χ3n) is 6.47. The number of rotatable bonds is 4. The van der Waals surface area contributed by atoms with Crippen LogP contribution in [0.4, 0.5) is 4.39 Å². The summed E-state index contributed by atoms with van der Waals surface area (Å²) in [4.78, 5) is 13.6. The van der Waals surface area contributed by atoms with Crippen LogP contribution < -0.4 is 14.2 Å². The minimum atomic E-state index is -2.04. The maximum atomic E-state index is 14.2. The molecule has 3 aromatic carbocycles. The molecule has 2 aliphatic rings. The average molecular weight is 499 g/mol. The summed E-state index contributed by atoms with van der Waals surface area (Å²) in [5.41, 5.74) is -2.13. The van der Waals surface area contributed by atoms with Crippen molar-refractivity contribution in [1.82, 2.24) is 0 Å². The molecule has 0 amide bonds. The third-order valence-corrected chi connectivity index (χ3v) is 7.00. The van der Waals surface area contributed by atoms with Crippen LogP contribution in [0.3, 0.4) is 0 Å². The Morgan fingerprint density at radius 2 is 1.84 bits per heavy atom. The molecule has 7 heteroatoms. The standard InChI is InChI=1S/C25H20BrFO5/c1-30-18-11-20(31-2)23-21(12-18)32-25(15-6-8-16(26)9-7-15)19(13-22(28)24(23,25)29)14-4-3-5-17(27)10-14/h3-12,19,29H,13H2,1-2H3. The number of ketones is 1. The van der Waals surface area contributed by atoms with E-state index in [4.69, 9.17) is 14.2 Å². The van der Waals surface area contributed by atoms with Crippen LogP contribution in [0.5, 0.6) is 17.2 Å². The molecule has 5 nitrogen and oxygen atoms in total. The molecular weight excluding hydrogens is 479 g/mol.